The van der Waals surface area contributed by atoms with Crippen molar-refractivity contribution >= 4 is 16.0 Å². The number of hydrogen-bond donors (Lipinski definition) is 3. The summed E-state index contributed by atoms with van der Waals surface area (Å²) in [7, 11) is -0.486. The van der Waals surface area contributed by atoms with E-state index in [2.05, 4.69) is 11.9 Å². The SMILES string of the molecule is C=C(C)C(=O)NCCC[N+](C)(C)CC(O)CS(=O)(=O)O. The molecule has 1 unspecified atom stereocenters. The Bertz CT molecular complexity index is 445. The van der Waals surface area contributed by atoms with Gasteiger partial charge in [-0.2, -0.15) is 8.42 Å². The van der Waals surface area contributed by atoms with Gasteiger partial charge in [0.15, 0.2) is 0 Å². The number of hydrogen-bond acceptors (Lipinski definition) is 4. The van der Waals surface area contributed by atoms with Crippen LogP contribution in [-0.4, -0.2) is 74.1 Å². The summed E-state index contributed by atoms with van der Waals surface area (Å²) in [4.78, 5) is 11.3. The van der Waals surface area contributed by atoms with E-state index in [9.17, 15) is 18.3 Å². The molecule has 0 aliphatic heterocycles. The molecule has 1 atom stereocenters. The molecule has 0 aliphatic carbocycles. The van der Waals surface area contributed by atoms with Crippen LogP contribution in [0.25, 0.3) is 0 Å². The fourth-order valence-corrected chi connectivity index (χ4v) is 2.41. The van der Waals surface area contributed by atoms with Gasteiger partial charge in [0.2, 0.25) is 5.91 Å². The fourth-order valence-electron chi connectivity index (χ4n) is 1.82. The van der Waals surface area contributed by atoms with Crippen LogP contribution < -0.4 is 5.32 Å². The van der Waals surface area contributed by atoms with Crippen LogP contribution in [0.5, 0.6) is 0 Å². The third-order valence-electron chi connectivity index (χ3n) is 2.72. The van der Waals surface area contributed by atoms with Gasteiger partial charge >= 0.3 is 0 Å². The minimum absolute atomic E-state index is 0.193. The van der Waals surface area contributed by atoms with E-state index in [-0.39, 0.29) is 12.5 Å². The van der Waals surface area contributed by atoms with E-state index in [1.807, 2.05) is 14.1 Å². The zero-order valence-electron chi connectivity index (χ0n) is 12.3. The van der Waals surface area contributed by atoms with Gasteiger partial charge in [-0.05, 0) is 6.92 Å². The van der Waals surface area contributed by atoms with Crippen molar-refractivity contribution in [2.45, 2.75) is 19.4 Å². The maximum atomic E-state index is 11.3. The minimum atomic E-state index is -4.17. The van der Waals surface area contributed by atoms with E-state index >= 15 is 0 Å². The summed E-state index contributed by atoms with van der Waals surface area (Å²) in [6, 6.07) is 0. The monoisotopic (exact) mass is 309 g/mol. The molecule has 0 saturated heterocycles. The summed E-state index contributed by atoms with van der Waals surface area (Å²) in [5.41, 5.74) is 0.447. The second kappa shape index (κ2) is 7.72. The van der Waals surface area contributed by atoms with Gasteiger partial charge in [-0.3, -0.25) is 9.35 Å². The number of likely N-dealkylation sites (N-methyl/N-ethyl adjacent to an activating group) is 1. The molecule has 0 radical (unpaired) electrons. The second-order valence-corrected chi connectivity index (χ2v) is 7.13. The van der Waals surface area contributed by atoms with Crippen LogP contribution in [-0.2, 0) is 14.9 Å². The molecule has 0 aliphatic rings. The van der Waals surface area contributed by atoms with Gasteiger partial charge in [-0.25, -0.2) is 0 Å². The third-order valence-corrected chi connectivity index (χ3v) is 3.53. The molecule has 0 fully saturated rings. The van der Waals surface area contributed by atoms with Crippen LogP contribution >= 0.6 is 0 Å². The number of quaternary nitrogens is 1. The largest absolute Gasteiger partial charge is 0.386 e. The van der Waals surface area contributed by atoms with Crippen molar-refractivity contribution in [3.63, 3.8) is 0 Å². The Labute approximate surface area is 120 Å². The van der Waals surface area contributed by atoms with Crippen LogP contribution in [0.4, 0.5) is 0 Å². The molecule has 8 heteroatoms. The van der Waals surface area contributed by atoms with E-state index in [1.165, 1.54) is 0 Å². The van der Waals surface area contributed by atoms with Crippen molar-refractivity contribution in [2.24, 2.45) is 0 Å². The van der Waals surface area contributed by atoms with Crippen molar-refractivity contribution in [2.75, 3.05) is 39.5 Å². The molecule has 7 nitrogen and oxygen atoms in total. The van der Waals surface area contributed by atoms with Crippen molar-refractivity contribution in [1.82, 2.24) is 5.32 Å². The summed E-state index contributed by atoms with van der Waals surface area (Å²) in [5, 5.41) is 12.3. The number of carbonyl (C=O) groups excluding carboxylic acids is 1. The average Bonchev–Trinajstić information content (AvgIpc) is 2.19. The molecular formula is C12H25N2O5S+. The highest BCUT2D eigenvalue weighted by molar-refractivity contribution is 7.85. The average molecular weight is 309 g/mol. The van der Waals surface area contributed by atoms with E-state index < -0.39 is 22.0 Å². The van der Waals surface area contributed by atoms with Crippen LogP contribution in [0.1, 0.15) is 13.3 Å². The van der Waals surface area contributed by atoms with Gasteiger partial charge in [-0.1, -0.05) is 6.58 Å². The van der Waals surface area contributed by atoms with Crippen molar-refractivity contribution in [3.8, 4) is 0 Å². The van der Waals surface area contributed by atoms with Gasteiger partial charge in [0, 0.05) is 18.5 Å². The standard InChI is InChI=1S/C12H24N2O5S/c1-10(2)12(16)13-6-5-7-14(3,4)8-11(15)9-20(17,18)19/h11,15H,1,5-9H2,2-4H3,(H-,13,16,17,18,19)/p+1. The highest BCUT2D eigenvalue weighted by Gasteiger charge is 2.23. The van der Waals surface area contributed by atoms with Crippen LogP contribution in [0.15, 0.2) is 12.2 Å². The summed E-state index contributed by atoms with van der Waals surface area (Å²) in [6.45, 7) is 6.49. The van der Waals surface area contributed by atoms with Gasteiger partial charge in [-0.15, -0.1) is 0 Å². The molecule has 1 amide bonds. The quantitative estimate of drug-likeness (QED) is 0.228. The van der Waals surface area contributed by atoms with Crippen molar-refractivity contribution in [1.29, 1.82) is 0 Å². The number of nitrogens with zero attached hydrogens (tertiary/aromatic N) is 1. The Morgan fingerprint density at radius 2 is 1.95 bits per heavy atom. The summed E-state index contributed by atoms with van der Waals surface area (Å²) < 4.78 is 30.4. The molecule has 0 aromatic heterocycles. The van der Waals surface area contributed by atoms with Crippen LogP contribution in [0.3, 0.4) is 0 Å². The summed E-state index contributed by atoms with van der Waals surface area (Å²) >= 11 is 0. The van der Waals surface area contributed by atoms with E-state index in [1.54, 1.807) is 6.92 Å². The molecule has 0 bridgehead atoms. The highest BCUT2D eigenvalue weighted by Crippen LogP contribution is 2.03. The van der Waals surface area contributed by atoms with E-state index in [0.29, 0.717) is 29.6 Å². The van der Waals surface area contributed by atoms with E-state index in [4.69, 9.17) is 4.55 Å². The number of rotatable bonds is 9. The molecule has 0 saturated carbocycles. The van der Waals surface area contributed by atoms with Gasteiger partial charge in [0.1, 0.15) is 18.4 Å². The molecule has 118 valence electrons. The zero-order valence-corrected chi connectivity index (χ0v) is 13.1. The Hall–Kier alpha value is -0.960. The molecule has 0 aromatic carbocycles. The third kappa shape index (κ3) is 9.90. The number of amides is 1. The molecule has 0 heterocycles. The summed E-state index contributed by atoms with van der Waals surface area (Å²) in [5.74, 6) is -0.858. The summed E-state index contributed by atoms with van der Waals surface area (Å²) in [6.07, 6.45) is -0.435. The first-order chi connectivity index (χ1) is 8.93. The Balaban J connectivity index is 4.07. The molecule has 20 heavy (non-hydrogen) atoms. The predicted molar refractivity (Wildman–Crippen MR) is 76.7 cm³/mol. The first kappa shape index (κ1) is 19.0. The maximum absolute atomic E-state index is 11.3. The van der Waals surface area contributed by atoms with Gasteiger partial charge in [0.25, 0.3) is 10.1 Å². The molecule has 3 N–H and O–H groups in total. The fraction of sp³-hybridized carbons (Fsp3) is 0.750. The number of aliphatic hydroxyl groups is 1. The van der Waals surface area contributed by atoms with Gasteiger partial charge < -0.3 is 14.9 Å². The van der Waals surface area contributed by atoms with Crippen LogP contribution in [0.2, 0.25) is 0 Å². The lowest BCUT2D eigenvalue weighted by molar-refractivity contribution is -0.893. The Morgan fingerprint density at radius 1 is 1.40 bits per heavy atom. The normalized spacial score (nSPS) is 13.8. The molecule has 0 aromatic rings. The van der Waals surface area contributed by atoms with Crippen molar-refractivity contribution in [3.05, 3.63) is 12.2 Å². The second-order valence-electron chi connectivity index (χ2n) is 5.63. The maximum Gasteiger partial charge on any atom is 0.267 e. The number of nitrogens with one attached hydrogen (secondary N) is 1. The number of carbonyl (C=O) groups is 1. The zero-order chi connectivity index (χ0) is 16.0. The Morgan fingerprint density at radius 3 is 2.40 bits per heavy atom. The topological polar surface area (TPSA) is 104 Å². The lowest BCUT2D eigenvalue weighted by atomic mass is 10.2. The highest BCUT2D eigenvalue weighted by atomic mass is 32.2. The van der Waals surface area contributed by atoms with Gasteiger partial charge in [0.05, 0.1) is 20.6 Å². The van der Waals surface area contributed by atoms with Crippen molar-refractivity contribution < 1.29 is 27.4 Å². The predicted octanol–water partition coefficient (Wildman–Crippen LogP) is -0.606. The Kier molecular flexibility index (Phi) is 7.35. The lowest BCUT2D eigenvalue weighted by Crippen LogP contribution is -2.48. The first-order valence-electron chi connectivity index (χ1n) is 6.32. The molecular weight excluding hydrogens is 284 g/mol. The smallest absolute Gasteiger partial charge is 0.267 e. The molecule has 0 rings (SSSR count). The minimum Gasteiger partial charge on any atom is -0.386 e. The van der Waals surface area contributed by atoms with E-state index in [0.717, 1.165) is 0 Å². The molecule has 0 spiro atoms. The lowest BCUT2D eigenvalue weighted by Gasteiger charge is -2.31. The number of aliphatic hydroxyl groups excluding tert-OH is 1. The van der Waals surface area contributed by atoms with Crippen LogP contribution in [0, 0.1) is 0 Å². The first-order valence-corrected chi connectivity index (χ1v) is 7.93.